The average molecular weight is 319 g/mol. The van der Waals surface area contributed by atoms with Gasteiger partial charge in [0.1, 0.15) is 0 Å². The van der Waals surface area contributed by atoms with Crippen molar-refractivity contribution >= 4 is 5.91 Å². The molecule has 0 spiro atoms. The molecule has 5 heteroatoms. The number of benzene rings is 1. The summed E-state index contributed by atoms with van der Waals surface area (Å²) in [5.74, 6) is 0.119. The van der Waals surface area contributed by atoms with Gasteiger partial charge in [0.2, 0.25) is 5.91 Å². The molecular weight excluding hydrogens is 290 g/mol. The molecule has 1 N–H and O–H groups in total. The van der Waals surface area contributed by atoms with Crippen LogP contribution in [-0.4, -0.2) is 68.7 Å². The first-order valence-electron chi connectivity index (χ1n) is 8.44. The molecule has 23 heavy (non-hydrogen) atoms. The molecule has 1 aliphatic heterocycles. The van der Waals surface area contributed by atoms with E-state index in [9.17, 15) is 4.79 Å². The summed E-state index contributed by atoms with van der Waals surface area (Å²) in [5, 5.41) is 2.95. The first kappa shape index (κ1) is 17.9. The number of nitrogens with zero attached hydrogens (tertiary/aromatic N) is 2. The zero-order chi connectivity index (χ0) is 16.5. The highest BCUT2D eigenvalue weighted by Gasteiger charge is 2.19. The van der Waals surface area contributed by atoms with E-state index in [2.05, 4.69) is 46.3 Å². The van der Waals surface area contributed by atoms with Gasteiger partial charge in [-0.15, -0.1) is 0 Å². The maximum Gasteiger partial charge on any atom is 0.234 e. The molecule has 0 saturated carbocycles. The van der Waals surface area contributed by atoms with Crippen LogP contribution in [0.1, 0.15) is 17.5 Å². The molecule has 0 bridgehead atoms. The molecule has 0 unspecified atom stereocenters. The summed E-state index contributed by atoms with van der Waals surface area (Å²) in [6, 6.07) is 8.56. The van der Waals surface area contributed by atoms with Gasteiger partial charge in [0.25, 0.3) is 0 Å². The molecule has 2 rings (SSSR count). The number of methoxy groups -OCH3 is 1. The summed E-state index contributed by atoms with van der Waals surface area (Å²) in [5.41, 5.74) is 2.75. The Balaban J connectivity index is 1.66. The second kappa shape index (κ2) is 9.65. The Morgan fingerprint density at radius 3 is 2.57 bits per heavy atom. The van der Waals surface area contributed by atoms with Gasteiger partial charge in [-0.05, 0) is 24.5 Å². The number of carbonyl (C=O) groups is 1. The Kier molecular flexibility index (Phi) is 7.52. The maximum atomic E-state index is 11.9. The van der Waals surface area contributed by atoms with Crippen molar-refractivity contribution in [1.82, 2.24) is 15.1 Å². The predicted octanol–water partition coefficient (Wildman–Crippen LogP) is 1.27. The molecule has 1 aromatic carbocycles. The minimum atomic E-state index is 0.119. The summed E-state index contributed by atoms with van der Waals surface area (Å²) in [6.45, 7) is 9.01. The Morgan fingerprint density at radius 2 is 1.87 bits per heavy atom. The van der Waals surface area contributed by atoms with Crippen molar-refractivity contribution < 1.29 is 9.53 Å². The number of ether oxygens (including phenoxy) is 1. The van der Waals surface area contributed by atoms with Gasteiger partial charge >= 0.3 is 0 Å². The molecule has 1 aliphatic rings. The third kappa shape index (κ3) is 6.29. The zero-order valence-electron chi connectivity index (χ0n) is 14.4. The van der Waals surface area contributed by atoms with Crippen LogP contribution in [0.2, 0.25) is 0 Å². The number of amides is 1. The zero-order valence-corrected chi connectivity index (χ0v) is 14.4. The summed E-state index contributed by atoms with van der Waals surface area (Å²) < 4.78 is 4.98. The molecule has 1 heterocycles. The summed E-state index contributed by atoms with van der Waals surface area (Å²) in [7, 11) is 1.68. The highest BCUT2D eigenvalue weighted by atomic mass is 16.5. The lowest BCUT2D eigenvalue weighted by Gasteiger charge is -2.34. The van der Waals surface area contributed by atoms with Crippen LogP contribution in [-0.2, 0) is 16.1 Å². The quantitative estimate of drug-likeness (QED) is 0.733. The van der Waals surface area contributed by atoms with Crippen LogP contribution in [0.3, 0.4) is 0 Å². The van der Waals surface area contributed by atoms with Crippen LogP contribution in [0, 0.1) is 6.92 Å². The van der Waals surface area contributed by atoms with Crippen molar-refractivity contribution in [2.24, 2.45) is 0 Å². The number of carbonyl (C=O) groups excluding carboxylic acids is 1. The first-order chi connectivity index (χ1) is 11.2. The first-order valence-corrected chi connectivity index (χ1v) is 8.44. The fourth-order valence-corrected chi connectivity index (χ4v) is 2.84. The van der Waals surface area contributed by atoms with Gasteiger partial charge in [-0.3, -0.25) is 14.6 Å². The van der Waals surface area contributed by atoms with E-state index in [0.717, 1.165) is 39.1 Å². The van der Waals surface area contributed by atoms with E-state index in [1.807, 2.05) is 0 Å². The SMILES string of the molecule is COCCCNC(=O)CN1CCN(Cc2ccccc2C)CC1. The molecule has 0 aliphatic carbocycles. The fourth-order valence-electron chi connectivity index (χ4n) is 2.84. The summed E-state index contributed by atoms with van der Waals surface area (Å²) in [6.07, 6.45) is 0.868. The molecule has 0 aromatic heterocycles. The number of rotatable bonds is 8. The minimum absolute atomic E-state index is 0.119. The molecule has 128 valence electrons. The standard InChI is InChI=1S/C18H29N3O2/c1-16-6-3-4-7-17(16)14-20-9-11-21(12-10-20)15-18(22)19-8-5-13-23-2/h3-4,6-7H,5,8-15H2,1-2H3,(H,19,22). The Hall–Kier alpha value is -1.43. The van der Waals surface area contributed by atoms with E-state index < -0.39 is 0 Å². The highest BCUT2D eigenvalue weighted by Crippen LogP contribution is 2.12. The number of hydrogen-bond acceptors (Lipinski definition) is 4. The topological polar surface area (TPSA) is 44.8 Å². The van der Waals surface area contributed by atoms with Crippen molar-refractivity contribution in [3.8, 4) is 0 Å². The second-order valence-electron chi connectivity index (χ2n) is 6.18. The summed E-state index contributed by atoms with van der Waals surface area (Å²) >= 11 is 0. The van der Waals surface area contributed by atoms with Crippen LogP contribution < -0.4 is 5.32 Å². The van der Waals surface area contributed by atoms with Crippen LogP contribution in [0.25, 0.3) is 0 Å². The van der Waals surface area contributed by atoms with E-state index in [-0.39, 0.29) is 5.91 Å². The Labute approximate surface area is 139 Å². The molecule has 0 atom stereocenters. The van der Waals surface area contributed by atoms with Gasteiger partial charge in [-0.1, -0.05) is 24.3 Å². The maximum absolute atomic E-state index is 11.9. The van der Waals surface area contributed by atoms with Gasteiger partial charge in [-0.2, -0.15) is 0 Å². The Bertz CT molecular complexity index is 485. The third-order valence-corrected chi connectivity index (χ3v) is 4.33. The largest absolute Gasteiger partial charge is 0.385 e. The molecule has 1 saturated heterocycles. The van der Waals surface area contributed by atoms with Crippen molar-refractivity contribution in [2.45, 2.75) is 19.9 Å². The third-order valence-electron chi connectivity index (χ3n) is 4.33. The lowest BCUT2D eigenvalue weighted by molar-refractivity contribution is -0.122. The van der Waals surface area contributed by atoms with E-state index in [1.54, 1.807) is 7.11 Å². The average Bonchev–Trinajstić information content (AvgIpc) is 2.55. The smallest absolute Gasteiger partial charge is 0.234 e. The number of nitrogens with one attached hydrogen (secondary N) is 1. The van der Waals surface area contributed by atoms with Crippen molar-refractivity contribution in [3.63, 3.8) is 0 Å². The molecule has 1 aromatic rings. The molecular formula is C18H29N3O2. The van der Waals surface area contributed by atoms with Gasteiger partial charge in [0, 0.05) is 53.0 Å². The van der Waals surface area contributed by atoms with E-state index >= 15 is 0 Å². The molecule has 0 radical (unpaired) electrons. The monoisotopic (exact) mass is 319 g/mol. The highest BCUT2D eigenvalue weighted by molar-refractivity contribution is 5.77. The molecule has 1 amide bonds. The van der Waals surface area contributed by atoms with Crippen LogP contribution in [0.15, 0.2) is 24.3 Å². The van der Waals surface area contributed by atoms with Crippen molar-refractivity contribution in [3.05, 3.63) is 35.4 Å². The van der Waals surface area contributed by atoms with Gasteiger partial charge in [0.05, 0.1) is 6.54 Å². The van der Waals surface area contributed by atoms with Crippen LogP contribution in [0.4, 0.5) is 0 Å². The molecule has 1 fully saturated rings. The van der Waals surface area contributed by atoms with Gasteiger partial charge < -0.3 is 10.1 Å². The number of hydrogen-bond donors (Lipinski definition) is 1. The molecule has 5 nitrogen and oxygen atoms in total. The van der Waals surface area contributed by atoms with Crippen molar-refractivity contribution in [2.75, 3.05) is 53.0 Å². The van der Waals surface area contributed by atoms with Crippen LogP contribution in [0.5, 0.6) is 0 Å². The Morgan fingerprint density at radius 1 is 1.17 bits per heavy atom. The van der Waals surface area contributed by atoms with Gasteiger partial charge in [0.15, 0.2) is 0 Å². The normalized spacial score (nSPS) is 16.4. The number of piperazine rings is 1. The van der Waals surface area contributed by atoms with E-state index in [0.29, 0.717) is 19.7 Å². The van der Waals surface area contributed by atoms with Crippen molar-refractivity contribution in [1.29, 1.82) is 0 Å². The van der Waals surface area contributed by atoms with Gasteiger partial charge in [-0.25, -0.2) is 0 Å². The lowest BCUT2D eigenvalue weighted by atomic mass is 10.1. The van der Waals surface area contributed by atoms with Crippen LogP contribution >= 0.6 is 0 Å². The fraction of sp³-hybridized carbons (Fsp3) is 0.611. The predicted molar refractivity (Wildman–Crippen MR) is 92.4 cm³/mol. The summed E-state index contributed by atoms with van der Waals surface area (Å²) in [4.78, 5) is 16.6. The lowest BCUT2D eigenvalue weighted by Crippen LogP contribution is -2.49. The second-order valence-corrected chi connectivity index (χ2v) is 6.18. The van der Waals surface area contributed by atoms with E-state index in [4.69, 9.17) is 4.74 Å². The number of aryl methyl sites for hydroxylation is 1. The minimum Gasteiger partial charge on any atom is -0.385 e. The van der Waals surface area contributed by atoms with E-state index in [1.165, 1.54) is 11.1 Å².